The fourth-order valence-corrected chi connectivity index (χ4v) is 2.52. The third-order valence-electron chi connectivity index (χ3n) is 3.22. The van der Waals surface area contributed by atoms with Gasteiger partial charge in [0.25, 0.3) is 0 Å². The van der Waals surface area contributed by atoms with Crippen LogP contribution in [0.15, 0.2) is 12.1 Å². The molecule has 0 aromatic heterocycles. The van der Waals surface area contributed by atoms with Gasteiger partial charge in [0.2, 0.25) is 0 Å². The Bertz CT molecular complexity index is 433. The molecule has 1 saturated carbocycles. The molecule has 0 unspecified atom stereocenters. The number of nitrogen functional groups attached to an aromatic ring is 1. The largest absolute Gasteiger partial charge is 0.462 e. The molecule has 0 spiro atoms. The summed E-state index contributed by atoms with van der Waals surface area (Å²) in [7, 11) is 0. The molecule has 2 N–H and O–H groups in total. The average Bonchev–Trinajstić information content (AvgIpc) is 2.85. The monoisotopic (exact) mass is 287 g/mol. The summed E-state index contributed by atoms with van der Waals surface area (Å²) < 4.78 is 5.27. The van der Waals surface area contributed by atoms with E-state index in [1.54, 1.807) is 0 Å². The van der Waals surface area contributed by atoms with Crippen molar-refractivity contribution >= 4 is 34.9 Å². The second-order valence-electron chi connectivity index (χ2n) is 4.61. The molecule has 0 radical (unpaired) electrons. The zero-order valence-corrected chi connectivity index (χ0v) is 11.4. The Morgan fingerprint density at radius 3 is 2.61 bits per heavy atom. The van der Waals surface area contributed by atoms with Gasteiger partial charge in [-0.15, -0.1) is 0 Å². The van der Waals surface area contributed by atoms with Crippen LogP contribution in [0.25, 0.3) is 0 Å². The van der Waals surface area contributed by atoms with Crippen LogP contribution in [0.2, 0.25) is 10.0 Å². The Balaban J connectivity index is 2.00. The molecular weight excluding hydrogens is 273 g/mol. The minimum absolute atomic E-state index is 0.268. The van der Waals surface area contributed by atoms with Crippen LogP contribution in [0.5, 0.6) is 0 Å². The van der Waals surface area contributed by atoms with E-state index in [1.807, 2.05) is 0 Å². The third kappa shape index (κ3) is 3.09. The van der Waals surface area contributed by atoms with Crippen molar-refractivity contribution in [3.05, 3.63) is 27.7 Å². The van der Waals surface area contributed by atoms with E-state index < -0.39 is 5.97 Å². The lowest BCUT2D eigenvalue weighted by Gasteiger charge is -2.11. The molecule has 1 aliphatic rings. The first-order chi connectivity index (χ1) is 8.58. The van der Waals surface area contributed by atoms with Crippen LogP contribution < -0.4 is 5.73 Å². The van der Waals surface area contributed by atoms with Gasteiger partial charge < -0.3 is 10.5 Å². The first kappa shape index (κ1) is 13.5. The first-order valence-corrected chi connectivity index (χ1v) is 6.75. The summed E-state index contributed by atoms with van der Waals surface area (Å²) in [6, 6.07) is 2.97. The van der Waals surface area contributed by atoms with Gasteiger partial charge in [-0.25, -0.2) is 4.79 Å². The molecule has 18 heavy (non-hydrogen) atoms. The van der Waals surface area contributed by atoms with E-state index in [2.05, 4.69) is 0 Å². The van der Waals surface area contributed by atoms with E-state index in [-0.39, 0.29) is 15.7 Å². The fourth-order valence-electron chi connectivity index (χ4n) is 2.18. The highest BCUT2D eigenvalue weighted by Crippen LogP contribution is 2.30. The quantitative estimate of drug-likeness (QED) is 0.677. The zero-order valence-electron chi connectivity index (χ0n) is 9.92. The SMILES string of the molecule is Nc1cc(C(=O)OCC2CCCC2)cc(Cl)c1Cl. The highest BCUT2D eigenvalue weighted by molar-refractivity contribution is 6.43. The van der Waals surface area contributed by atoms with Crippen molar-refractivity contribution in [2.45, 2.75) is 25.7 Å². The Labute approximate surface area is 116 Å². The van der Waals surface area contributed by atoms with Crippen molar-refractivity contribution in [2.24, 2.45) is 5.92 Å². The summed E-state index contributed by atoms with van der Waals surface area (Å²) in [5, 5.41) is 0.536. The molecule has 0 bridgehead atoms. The van der Waals surface area contributed by atoms with Crippen LogP contribution >= 0.6 is 23.2 Å². The molecule has 0 aliphatic heterocycles. The van der Waals surface area contributed by atoms with E-state index in [4.69, 9.17) is 33.7 Å². The number of ether oxygens (including phenoxy) is 1. The summed E-state index contributed by atoms with van der Waals surface area (Å²) in [4.78, 5) is 11.8. The summed E-state index contributed by atoms with van der Waals surface area (Å²) in [6.45, 7) is 0.471. The summed E-state index contributed by atoms with van der Waals surface area (Å²) in [6.07, 6.45) is 4.72. The van der Waals surface area contributed by atoms with Gasteiger partial charge in [-0.05, 0) is 30.9 Å². The van der Waals surface area contributed by atoms with Crippen LogP contribution in [-0.2, 0) is 4.74 Å². The molecule has 2 rings (SSSR count). The van der Waals surface area contributed by atoms with Gasteiger partial charge in [0.1, 0.15) is 0 Å². The molecule has 1 fully saturated rings. The predicted octanol–water partition coefficient (Wildman–Crippen LogP) is 3.92. The Morgan fingerprint density at radius 1 is 1.33 bits per heavy atom. The molecule has 0 heterocycles. The lowest BCUT2D eigenvalue weighted by molar-refractivity contribution is 0.0442. The number of hydrogen-bond donors (Lipinski definition) is 1. The van der Waals surface area contributed by atoms with Crippen LogP contribution in [0, 0.1) is 5.92 Å². The van der Waals surface area contributed by atoms with Gasteiger partial charge in [-0.3, -0.25) is 0 Å². The lowest BCUT2D eigenvalue weighted by Crippen LogP contribution is -2.12. The number of rotatable bonds is 3. The Kier molecular flexibility index (Phi) is 4.36. The first-order valence-electron chi connectivity index (χ1n) is 5.99. The van der Waals surface area contributed by atoms with E-state index in [9.17, 15) is 4.79 Å². The maximum absolute atomic E-state index is 11.8. The standard InChI is InChI=1S/C13H15Cl2NO2/c14-10-5-9(6-11(16)12(10)15)13(17)18-7-8-3-1-2-4-8/h5-6,8H,1-4,7,16H2. The highest BCUT2D eigenvalue weighted by atomic mass is 35.5. The van der Waals surface area contributed by atoms with Gasteiger partial charge in [0, 0.05) is 0 Å². The molecule has 0 saturated heterocycles. The molecule has 1 aliphatic carbocycles. The second kappa shape index (κ2) is 5.81. The Morgan fingerprint density at radius 2 is 2.00 bits per heavy atom. The summed E-state index contributed by atoms with van der Waals surface area (Å²) in [5.41, 5.74) is 6.29. The molecule has 3 nitrogen and oxygen atoms in total. The molecule has 5 heteroatoms. The minimum atomic E-state index is -0.396. The maximum Gasteiger partial charge on any atom is 0.338 e. The maximum atomic E-state index is 11.8. The van der Waals surface area contributed by atoms with Gasteiger partial charge in [-0.1, -0.05) is 36.0 Å². The molecule has 0 amide bonds. The zero-order chi connectivity index (χ0) is 13.1. The molecular formula is C13H15Cl2NO2. The van der Waals surface area contributed by atoms with Gasteiger partial charge >= 0.3 is 5.97 Å². The number of hydrogen-bond acceptors (Lipinski definition) is 3. The molecule has 98 valence electrons. The van der Waals surface area contributed by atoms with E-state index in [0.717, 1.165) is 12.8 Å². The summed E-state index contributed by atoms with van der Waals surface area (Å²) >= 11 is 11.7. The Hall–Kier alpha value is -0.930. The summed E-state index contributed by atoms with van der Waals surface area (Å²) in [5.74, 6) is 0.0984. The van der Waals surface area contributed by atoms with Crippen molar-refractivity contribution in [3.63, 3.8) is 0 Å². The van der Waals surface area contributed by atoms with E-state index >= 15 is 0 Å². The number of benzene rings is 1. The average molecular weight is 288 g/mol. The van der Waals surface area contributed by atoms with E-state index in [0.29, 0.717) is 18.1 Å². The number of carbonyl (C=O) groups excluding carboxylic acids is 1. The minimum Gasteiger partial charge on any atom is -0.462 e. The topological polar surface area (TPSA) is 52.3 Å². The number of anilines is 1. The molecule has 0 atom stereocenters. The smallest absolute Gasteiger partial charge is 0.338 e. The van der Waals surface area contributed by atoms with E-state index in [1.165, 1.54) is 25.0 Å². The fraction of sp³-hybridized carbons (Fsp3) is 0.462. The van der Waals surface area contributed by atoms with Crippen molar-refractivity contribution < 1.29 is 9.53 Å². The number of nitrogens with two attached hydrogens (primary N) is 1. The number of halogens is 2. The van der Waals surface area contributed by atoms with Crippen molar-refractivity contribution in [1.29, 1.82) is 0 Å². The predicted molar refractivity (Wildman–Crippen MR) is 73.1 cm³/mol. The van der Waals surface area contributed by atoms with Crippen LogP contribution in [0.3, 0.4) is 0 Å². The number of esters is 1. The third-order valence-corrected chi connectivity index (χ3v) is 4.03. The second-order valence-corrected chi connectivity index (χ2v) is 5.40. The van der Waals surface area contributed by atoms with Crippen LogP contribution in [0.1, 0.15) is 36.0 Å². The molecule has 1 aromatic rings. The normalized spacial score (nSPS) is 15.9. The highest BCUT2D eigenvalue weighted by Gasteiger charge is 2.18. The van der Waals surface area contributed by atoms with Gasteiger partial charge in [0.05, 0.1) is 27.9 Å². The number of carbonyl (C=O) groups is 1. The van der Waals surface area contributed by atoms with Gasteiger partial charge in [-0.2, -0.15) is 0 Å². The van der Waals surface area contributed by atoms with Crippen molar-refractivity contribution in [2.75, 3.05) is 12.3 Å². The van der Waals surface area contributed by atoms with Crippen molar-refractivity contribution in [1.82, 2.24) is 0 Å². The van der Waals surface area contributed by atoms with Gasteiger partial charge in [0.15, 0.2) is 0 Å². The van der Waals surface area contributed by atoms with Crippen LogP contribution in [0.4, 0.5) is 5.69 Å². The molecule has 1 aromatic carbocycles. The van der Waals surface area contributed by atoms with Crippen LogP contribution in [-0.4, -0.2) is 12.6 Å². The lowest BCUT2D eigenvalue weighted by atomic mass is 10.1. The van der Waals surface area contributed by atoms with Crippen molar-refractivity contribution in [3.8, 4) is 0 Å².